The first kappa shape index (κ1) is 18.0. The molecule has 3 aromatic rings. The van der Waals surface area contributed by atoms with Crippen LogP contribution in [0, 0.1) is 0 Å². The zero-order valence-electron chi connectivity index (χ0n) is 14.6. The molecule has 0 aliphatic carbocycles. The number of phenols is 1. The molecule has 0 radical (unpaired) electrons. The second-order valence-corrected chi connectivity index (χ2v) is 6.37. The highest BCUT2D eigenvalue weighted by Gasteiger charge is 2.14. The van der Waals surface area contributed by atoms with Crippen LogP contribution >= 0.6 is 0 Å². The number of aromatic nitrogens is 3. The van der Waals surface area contributed by atoms with Gasteiger partial charge in [0.15, 0.2) is 5.82 Å². The molecule has 1 fully saturated rings. The Labute approximate surface area is 151 Å². The molecular formula is C19H22FN5O. The summed E-state index contributed by atoms with van der Waals surface area (Å²) in [6.45, 7) is 1.71. The van der Waals surface area contributed by atoms with E-state index < -0.39 is 6.17 Å². The van der Waals surface area contributed by atoms with Gasteiger partial charge in [0.1, 0.15) is 17.6 Å². The molecule has 0 saturated carbocycles. The highest BCUT2D eigenvalue weighted by Crippen LogP contribution is 2.32. The van der Waals surface area contributed by atoms with Crippen molar-refractivity contribution in [3.8, 4) is 17.0 Å². The molecule has 1 atom stereocenters. The number of nitrogens with two attached hydrogens (primary N) is 1. The SMILES string of the molecule is CN1CCCC(F)C1.Nc1nnc(-c2ccccc2O)c2ccncc12. The van der Waals surface area contributed by atoms with Gasteiger partial charge in [-0.25, -0.2) is 4.39 Å². The fourth-order valence-corrected chi connectivity index (χ4v) is 2.99. The van der Waals surface area contributed by atoms with E-state index in [2.05, 4.69) is 15.2 Å². The highest BCUT2D eigenvalue weighted by atomic mass is 19.1. The normalized spacial score (nSPS) is 17.5. The van der Waals surface area contributed by atoms with Crippen molar-refractivity contribution in [2.75, 3.05) is 25.9 Å². The van der Waals surface area contributed by atoms with Gasteiger partial charge in [0.25, 0.3) is 0 Å². The smallest absolute Gasteiger partial charge is 0.155 e. The molecule has 4 rings (SSSR count). The van der Waals surface area contributed by atoms with E-state index in [1.54, 1.807) is 30.6 Å². The quantitative estimate of drug-likeness (QED) is 0.698. The van der Waals surface area contributed by atoms with Crippen molar-refractivity contribution in [2.45, 2.75) is 19.0 Å². The Morgan fingerprint density at radius 2 is 2.00 bits per heavy atom. The van der Waals surface area contributed by atoms with Crippen LogP contribution in [0.2, 0.25) is 0 Å². The number of fused-ring (bicyclic) bond motifs is 1. The van der Waals surface area contributed by atoms with E-state index in [0.29, 0.717) is 23.6 Å². The predicted octanol–water partition coefficient (Wildman–Crippen LogP) is 3.03. The average Bonchev–Trinajstić information content (AvgIpc) is 2.64. The number of pyridine rings is 1. The molecule has 1 saturated heterocycles. The third-order valence-corrected chi connectivity index (χ3v) is 4.34. The average molecular weight is 355 g/mol. The van der Waals surface area contributed by atoms with Gasteiger partial charge < -0.3 is 15.7 Å². The molecule has 26 heavy (non-hydrogen) atoms. The summed E-state index contributed by atoms with van der Waals surface area (Å²) in [5.74, 6) is 0.493. The number of aromatic hydroxyl groups is 1. The lowest BCUT2D eigenvalue weighted by Gasteiger charge is -2.24. The molecule has 1 aromatic carbocycles. The lowest BCUT2D eigenvalue weighted by molar-refractivity contribution is 0.163. The van der Waals surface area contributed by atoms with E-state index in [4.69, 9.17) is 5.73 Å². The lowest BCUT2D eigenvalue weighted by atomic mass is 10.1. The standard InChI is InChI=1S/C13H10N4O.C6H12FN/c14-13-10-7-15-6-5-8(10)12(16-17-13)9-3-1-2-4-11(9)18;1-8-4-2-3-6(7)5-8/h1-7,18H,(H2,14,17);6H,2-5H2,1H3. The number of para-hydroxylation sites is 1. The summed E-state index contributed by atoms with van der Waals surface area (Å²) in [5, 5.41) is 19.4. The van der Waals surface area contributed by atoms with Crippen molar-refractivity contribution in [2.24, 2.45) is 0 Å². The molecule has 136 valence electrons. The highest BCUT2D eigenvalue weighted by molar-refractivity contribution is 5.99. The topological polar surface area (TPSA) is 88.2 Å². The maximum atomic E-state index is 12.4. The van der Waals surface area contributed by atoms with Gasteiger partial charge in [-0.05, 0) is 44.6 Å². The van der Waals surface area contributed by atoms with Gasteiger partial charge >= 0.3 is 0 Å². The van der Waals surface area contributed by atoms with Crippen LogP contribution in [0.5, 0.6) is 5.75 Å². The molecule has 1 aliphatic heterocycles. The molecule has 3 N–H and O–H groups in total. The largest absolute Gasteiger partial charge is 0.507 e. The van der Waals surface area contributed by atoms with Gasteiger partial charge in [-0.2, -0.15) is 0 Å². The van der Waals surface area contributed by atoms with Gasteiger partial charge in [-0.15, -0.1) is 10.2 Å². The number of alkyl halides is 1. The first-order valence-corrected chi connectivity index (χ1v) is 8.53. The summed E-state index contributed by atoms with van der Waals surface area (Å²) in [6, 6.07) is 8.80. The number of piperidine rings is 1. The van der Waals surface area contributed by atoms with Crippen LogP contribution in [-0.4, -0.2) is 51.5 Å². The molecule has 3 heterocycles. The van der Waals surface area contributed by atoms with Gasteiger partial charge in [0.05, 0.1) is 0 Å². The minimum atomic E-state index is -0.561. The summed E-state index contributed by atoms with van der Waals surface area (Å²) < 4.78 is 12.4. The van der Waals surface area contributed by atoms with Crippen molar-refractivity contribution < 1.29 is 9.50 Å². The molecule has 2 aromatic heterocycles. The Balaban J connectivity index is 0.000000206. The molecule has 0 bridgehead atoms. The zero-order chi connectivity index (χ0) is 18.5. The second-order valence-electron chi connectivity index (χ2n) is 6.37. The molecule has 1 unspecified atom stereocenters. The Hall–Kier alpha value is -2.80. The minimum absolute atomic E-state index is 0.162. The van der Waals surface area contributed by atoms with Crippen LogP contribution in [0.3, 0.4) is 0 Å². The Morgan fingerprint density at radius 3 is 2.69 bits per heavy atom. The molecule has 7 heteroatoms. The van der Waals surface area contributed by atoms with Crippen LogP contribution < -0.4 is 5.73 Å². The zero-order valence-corrected chi connectivity index (χ0v) is 14.6. The maximum absolute atomic E-state index is 12.4. The van der Waals surface area contributed by atoms with Crippen LogP contribution in [0.15, 0.2) is 42.7 Å². The van der Waals surface area contributed by atoms with E-state index in [9.17, 15) is 9.50 Å². The number of hydrogen-bond donors (Lipinski definition) is 2. The first-order chi connectivity index (χ1) is 12.6. The monoisotopic (exact) mass is 355 g/mol. The number of phenolic OH excluding ortho intramolecular Hbond substituents is 1. The summed E-state index contributed by atoms with van der Waals surface area (Å²) in [4.78, 5) is 6.06. The number of rotatable bonds is 1. The van der Waals surface area contributed by atoms with Crippen LogP contribution in [0.4, 0.5) is 10.2 Å². The molecule has 6 nitrogen and oxygen atoms in total. The first-order valence-electron chi connectivity index (χ1n) is 8.53. The van der Waals surface area contributed by atoms with Crippen LogP contribution in [0.1, 0.15) is 12.8 Å². The Kier molecular flexibility index (Phi) is 5.58. The Bertz CT molecular complexity index is 881. The maximum Gasteiger partial charge on any atom is 0.155 e. The van der Waals surface area contributed by atoms with E-state index in [1.165, 1.54) is 0 Å². The lowest BCUT2D eigenvalue weighted by Crippen LogP contribution is -2.32. The van der Waals surface area contributed by atoms with Gasteiger partial charge in [-0.1, -0.05) is 12.1 Å². The van der Waals surface area contributed by atoms with E-state index in [-0.39, 0.29) is 5.75 Å². The van der Waals surface area contributed by atoms with Crippen LogP contribution in [-0.2, 0) is 0 Å². The van der Waals surface area contributed by atoms with E-state index in [1.807, 2.05) is 24.1 Å². The number of likely N-dealkylation sites (tertiary alicyclic amines) is 1. The number of anilines is 1. The number of hydrogen-bond acceptors (Lipinski definition) is 6. The van der Waals surface area contributed by atoms with Crippen LogP contribution in [0.25, 0.3) is 22.0 Å². The number of halogens is 1. The molecule has 0 spiro atoms. The Morgan fingerprint density at radius 1 is 1.19 bits per heavy atom. The van der Waals surface area contributed by atoms with Gasteiger partial charge in [0.2, 0.25) is 0 Å². The summed E-state index contributed by atoms with van der Waals surface area (Å²) >= 11 is 0. The van der Waals surface area contributed by atoms with Crippen molar-refractivity contribution in [1.29, 1.82) is 0 Å². The molecular weight excluding hydrogens is 333 g/mol. The number of nitrogens with zero attached hydrogens (tertiary/aromatic N) is 4. The minimum Gasteiger partial charge on any atom is -0.507 e. The molecule has 0 amide bonds. The van der Waals surface area contributed by atoms with Crippen molar-refractivity contribution in [1.82, 2.24) is 20.1 Å². The van der Waals surface area contributed by atoms with E-state index in [0.717, 1.165) is 30.2 Å². The fraction of sp³-hybridized carbons (Fsp3) is 0.316. The van der Waals surface area contributed by atoms with Crippen molar-refractivity contribution in [3.05, 3.63) is 42.7 Å². The molecule has 1 aliphatic rings. The fourth-order valence-electron chi connectivity index (χ4n) is 2.99. The van der Waals surface area contributed by atoms with E-state index >= 15 is 0 Å². The summed E-state index contributed by atoms with van der Waals surface area (Å²) in [6.07, 6.45) is 4.53. The van der Waals surface area contributed by atoms with Crippen molar-refractivity contribution in [3.63, 3.8) is 0 Å². The number of nitrogen functional groups attached to an aromatic ring is 1. The van der Waals surface area contributed by atoms with Gasteiger partial charge in [-0.3, -0.25) is 4.98 Å². The third kappa shape index (κ3) is 4.05. The third-order valence-electron chi connectivity index (χ3n) is 4.34. The predicted molar refractivity (Wildman–Crippen MR) is 100 cm³/mol. The van der Waals surface area contributed by atoms with Gasteiger partial charge in [0, 0.05) is 35.3 Å². The summed E-state index contributed by atoms with van der Waals surface area (Å²) in [5.41, 5.74) is 6.99. The summed E-state index contributed by atoms with van der Waals surface area (Å²) in [7, 11) is 1.96. The second kappa shape index (κ2) is 8.05. The number of benzene rings is 1. The van der Waals surface area contributed by atoms with Crippen molar-refractivity contribution >= 4 is 16.6 Å².